The minimum Gasteiger partial charge on any atom is -0.497 e. The summed E-state index contributed by atoms with van der Waals surface area (Å²) in [6, 6.07) is 13.8. The van der Waals surface area contributed by atoms with Crippen LogP contribution in [0, 0.1) is 0 Å². The summed E-state index contributed by atoms with van der Waals surface area (Å²) >= 11 is 0. The Bertz CT molecular complexity index is 750. The lowest BCUT2D eigenvalue weighted by atomic mass is 9.98. The number of hydrogen-bond acceptors (Lipinski definition) is 4. The zero-order valence-corrected chi connectivity index (χ0v) is 13.9. The van der Waals surface area contributed by atoms with Gasteiger partial charge in [0.2, 0.25) is 5.90 Å². The number of hydrogen-bond donors (Lipinski definition) is 0. The average Bonchev–Trinajstić information content (AvgIpc) is 2.94. The standard InChI is InChI=1S/C19H21NO3/c1-19(2)12-23-18(20-19)15-10-9-13(21-3)11-16(15)14-7-5-6-8-17(14)22-4/h5-11H,12H2,1-4H3. The number of para-hydroxylation sites is 1. The van der Waals surface area contributed by atoms with Gasteiger partial charge in [-0.2, -0.15) is 0 Å². The molecule has 3 rings (SSSR count). The molecular formula is C19H21NO3. The van der Waals surface area contributed by atoms with Gasteiger partial charge in [-0.05, 0) is 38.1 Å². The molecule has 0 fully saturated rings. The number of nitrogens with zero attached hydrogens (tertiary/aromatic N) is 1. The van der Waals surface area contributed by atoms with E-state index in [0.717, 1.165) is 28.2 Å². The van der Waals surface area contributed by atoms with Crippen molar-refractivity contribution in [3.63, 3.8) is 0 Å². The van der Waals surface area contributed by atoms with Crippen LogP contribution in [0.3, 0.4) is 0 Å². The summed E-state index contributed by atoms with van der Waals surface area (Å²) in [5.74, 6) is 2.26. The van der Waals surface area contributed by atoms with Gasteiger partial charge < -0.3 is 14.2 Å². The Labute approximate surface area is 136 Å². The maximum Gasteiger partial charge on any atom is 0.217 e. The van der Waals surface area contributed by atoms with E-state index in [1.807, 2.05) is 42.5 Å². The fraction of sp³-hybridized carbons (Fsp3) is 0.316. The van der Waals surface area contributed by atoms with Crippen LogP contribution in [0.15, 0.2) is 47.5 Å². The highest BCUT2D eigenvalue weighted by Crippen LogP contribution is 2.36. The van der Waals surface area contributed by atoms with Crippen molar-refractivity contribution >= 4 is 5.90 Å². The SMILES string of the molecule is COc1ccc(C2=NC(C)(C)CO2)c(-c2ccccc2OC)c1. The van der Waals surface area contributed by atoms with Crippen LogP contribution in [0.1, 0.15) is 19.4 Å². The molecule has 1 aliphatic heterocycles. The lowest BCUT2D eigenvalue weighted by Gasteiger charge is -2.14. The van der Waals surface area contributed by atoms with Crippen LogP contribution < -0.4 is 9.47 Å². The second-order valence-electron chi connectivity index (χ2n) is 6.13. The van der Waals surface area contributed by atoms with Gasteiger partial charge in [0, 0.05) is 16.7 Å². The number of ether oxygens (including phenoxy) is 3. The van der Waals surface area contributed by atoms with Crippen molar-refractivity contribution in [2.45, 2.75) is 19.4 Å². The molecule has 0 unspecified atom stereocenters. The van der Waals surface area contributed by atoms with E-state index >= 15 is 0 Å². The Morgan fingerprint density at radius 2 is 1.74 bits per heavy atom. The second-order valence-corrected chi connectivity index (χ2v) is 6.13. The lowest BCUT2D eigenvalue weighted by molar-refractivity contribution is 0.279. The summed E-state index contributed by atoms with van der Waals surface area (Å²) in [4.78, 5) is 4.70. The molecule has 4 nitrogen and oxygen atoms in total. The van der Waals surface area contributed by atoms with Crippen LogP contribution in [0.25, 0.3) is 11.1 Å². The van der Waals surface area contributed by atoms with E-state index in [-0.39, 0.29) is 5.54 Å². The highest BCUT2D eigenvalue weighted by Gasteiger charge is 2.29. The Morgan fingerprint density at radius 1 is 0.957 bits per heavy atom. The van der Waals surface area contributed by atoms with Crippen molar-refractivity contribution in [1.82, 2.24) is 0 Å². The molecule has 0 aromatic heterocycles. The van der Waals surface area contributed by atoms with E-state index in [1.165, 1.54) is 0 Å². The largest absolute Gasteiger partial charge is 0.497 e. The topological polar surface area (TPSA) is 40.0 Å². The fourth-order valence-corrected chi connectivity index (χ4v) is 2.65. The minimum absolute atomic E-state index is 0.201. The quantitative estimate of drug-likeness (QED) is 0.859. The summed E-state index contributed by atoms with van der Waals surface area (Å²) in [7, 11) is 3.33. The van der Waals surface area contributed by atoms with Crippen molar-refractivity contribution < 1.29 is 14.2 Å². The zero-order chi connectivity index (χ0) is 16.4. The normalized spacial score (nSPS) is 15.7. The first-order valence-electron chi connectivity index (χ1n) is 7.58. The van der Waals surface area contributed by atoms with E-state index in [4.69, 9.17) is 19.2 Å². The molecule has 0 radical (unpaired) electrons. The van der Waals surface area contributed by atoms with Crippen molar-refractivity contribution in [2.75, 3.05) is 20.8 Å². The van der Waals surface area contributed by atoms with Gasteiger partial charge in [-0.15, -0.1) is 0 Å². The molecule has 0 bridgehead atoms. The minimum atomic E-state index is -0.201. The Kier molecular flexibility index (Phi) is 3.99. The molecule has 23 heavy (non-hydrogen) atoms. The number of aliphatic imine (C=N–C) groups is 1. The van der Waals surface area contributed by atoms with Gasteiger partial charge in [-0.25, -0.2) is 4.99 Å². The summed E-state index contributed by atoms with van der Waals surface area (Å²) in [5, 5.41) is 0. The second kappa shape index (κ2) is 5.95. The first-order chi connectivity index (χ1) is 11.0. The maximum atomic E-state index is 5.83. The van der Waals surface area contributed by atoms with Crippen molar-refractivity contribution in [3.05, 3.63) is 48.0 Å². The molecule has 4 heteroatoms. The number of methoxy groups -OCH3 is 2. The van der Waals surface area contributed by atoms with Gasteiger partial charge in [-0.1, -0.05) is 18.2 Å². The van der Waals surface area contributed by atoms with Crippen LogP contribution in [-0.2, 0) is 4.74 Å². The molecule has 120 valence electrons. The predicted molar refractivity (Wildman–Crippen MR) is 91.6 cm³/mol. The van der Waals surface area contributed by atoms with Crippen molar-refractivity contribution in [3.8, 4) is 22.6 Å². The van der Waals surface area contributed by atoms with Crippen LogP contribution in [0.4, 0.5) is 0 Å². The summed E-state index contributed by atoms with van der Waals surface area (Å²) in [5.41, 5.74) is 2.71. The van der Waals surface area contributed by atoms with E-state index < -0.39 is 0 Å². The van der Waals surface area contributed by atoms with E-state index in [9.17, 15) is 0 Å². The van der Waals surface area contributed by atoms with Crippen LogP contribution in [0.2, 0.25) is 0 Å². The third kappa shape index (κ3) is 3.02. The van der Waals surface area contributed by atoms with Crippen LogP contribution in [0.5, 0.6) is 11.5 Å². The van der Waals surface area contributed by atoms with E-state index in [2.05, 4.69) is 13.8 Å². The van der Waals surface area contributed by atoms with Gasteiger partial charge in [0.25, 0.3) is 0 Å². The zero-order valence-electron chi connectivity index (χ0n) is 13.9. The van der Waals surface area contributed by atoms with Crippen molar-refractivity contribution in [1.29, 1.82) is 0 Å². The Morgan fingerprint density at radius 3 is 2.39 bits per heavy atom. The Hall–Kier alpha value is -2.49. The predicted octanol–water partition coefficient (Wildman–Crippen LogP) is 3.93. The summed E-state index contributed by atoms with van der Waals surface area (Å²) in [6.07, 6.45) is 0. The molecule has 0 aliphatic carbocycles. The monoisotopic (exact) mass is 311 g/mol. The molecule has 1 aliphatic rings. The van der Waals surface area contributed by atoms with Gasteiger partial charge in [0.15, 0.2) is 0 Å². The third-order valence-electron chi connectivity index (χ3n) is 3.82. The van der Waals surface area contributed by atoms with Crippen molar-refractivity contribution in [2.24, 2.45) is 4.99 Å². The maximum absolute atomic E-state index is 5.83. The highest BCUT2D eigenvalue weighted by molar-refractivity contribution is 6.02. The van der Waals surface area contributed by atoms with Crippen LogP contribution in [-0.4, -0.2) is 32.3 Å². The van der Waals surface area contributed by atoms with Gasteiger partial charge in [0.1, 0.15) is 18.1 Å². The summed E-state index contributed by atoms with van der Waals surface area (Å²) < 4.78 is 16.7. The average molecular weight is 311 g/mol. The molecule has 0 amide bonds. The van der Waals surface area contributed by atoms with Crippen LogP contribution >= 0.6 is 0 Å². The number of benzene rings is 2. The summed E-state index contributed by atoms with van der Waals surface area (Å²) in [6.45, 7) is 4.71. The van der Waals surface area contributed by atoms with E-state index in [0.29, 0.717) is 12.5 Å². The Balaban J connectivity index is 2.18. The molecule has 0 saturated carbocycles. The molecule has 2 aromatic carbocycles. The van der Waals surface area contributed by atoms with E-state index in [1.54, 1.807) is 14.2 Å². The molecule has 0 N–H and O–H groups in total. The van der Waals surface area contributed by atoms with Gasteiger partial charge >= 0.3 is 0 Å². The molecule has 1 heterocycles. The van der Waals surface area contributed by atoms with Gasteiger partial charge in [0.05, 0.1) is 19.8 Å². The molecule has 2 aromatic rings. The first-order valence-corrected chi connectivity index (χ1v) is 7.58. The highest BCUT2D eigenvalue weighted by atomic mass is 16.5. The smallest absolute Gasteiger partial charge is 0.217 e. The molecule has 0 saturated heterocycles. The fourth-order valence-electron chi connectivity index (χ4n) is 2.65. The molecule has 0 spiro atoms. The molecular weight excluding hydrogens is 290 g/mol. The first kappa shape index (κ1) is 15.4. The third-order valence-corrected chi connectivity index (χ3v) is 3.82. The number of rotatable bonds is 4. The molecule has 0 atom stereocenters. The lowest BCUT2D eigenvalue weighted by Crippen LogP contribution is -2.17. The van der Waals surface area contributed by atoms with Gasteiger partial charge in [-0.3, -0.25) is 0 Å².